The Hall–Kier alpha value is -0.220. The van der Waals surface area contributed by atoms with E-state index in [2.05, 4.69) is 0 Å². The van der Waals surface area contributed by atoms with Crippen LogP contribution in [0.15, 0.2) is 0 Å². The van der Waals surface area contributed by atoms with E-state index in [0.717, 1.165) is 5.75 Å². The summed E-state index contributed by atoms with van der Waals surface area (Å²) >= 11 is 1.56. The minimum absolute atomic E-state index is 0.166. The van der Waals surface area contributed by atoms with Crippen LogP contribution in [0.5, 0.6) is 0 Å². The molecule has 0 radical (unpaired) electrons. The van der Waals surface area contributed by atoms with Gasteiger partial charge in [-0.05, 0) is 20.8 Å². The molecule has 0 heterocycles. The summed E-state index contributed by atoms with van der Waals surface area (Å²) in [6.45, 7) is 5.72. The molecule has 0 fully saturated rings. The van der Waals surface area contributed by atoms with Crippen LogP contribution in [0, 0.1) is 0 Å². The lowest BCUT2D eigenvalue weighted by molar-refractivity contribution is -0.154. The summed E-state index contributed by atoms with van der Waals surface area (Å²) < 4.78 is 5.10. The molecular formula is C9H18O3S. The van der Waals surface area contributed by atoms with Gasteiger partial charge in [-0.2, -0.15) is 11.8 Å². The topological polar surface area (TPSA) is 46.5 Å². The largest absolute Gasteiger partial charge is 0.460 e. The average molecular weight is 206 g/mol. The van der Waals surface area contributed by atoms with Crippen molar-refractivity contribution in [2.45, 2.75) is 32.8 Å². The van der Waals surface area contributed by atoms with Crippen LogP contribution in [-0.4, -0.2) is 34.8 Å². The second-order valence-electron chi connectivity index (χ2n) is 3.67. The first-order valence-corrected chi connectivity index (χ1v) is 5.51. The Bertz CT molecular complexity index is 151. The zero-order valence-corrected chi connectivity index (χ0v) is 9.32. The summed E-state index contributed by atoms with van der Waals surface area (Å²) in [6, 6.07) is 0. The number of aliphatic hydroxyl groups is 1. The van der Waals surface area contributed by atoms with Crippen molar-refractivity contribution in [3.8, 4) is 0 Å². The number of esters is 1. The molecule has 0 amide bonds. The number of ether oxygens (including phenoxy) is 1. The van der Waals surface area contributed by atoms with Crippen molar-refractivity contribution in [1.29, 1.82) is 0 Å². The van der Waals surface area contributed by atoms with Gasteiger partial charge in [0, 0.05) is 11.5 Å². The van der Waals surface area contributed by atoms with Crippen LogP contribution < -0.4 is 0 Å². The Balaban J connectivity index is 3.41. The molecule has 0 saturated heterocycles. The van der Waals surface area contributed by atoms with E-state index in [9.17, 15) is 4.79 Å². The lowest BCUT2D eigenvalue weighted by atomic mass is 10.2. The third-order valence-corrected chi connectivity index (χ3v) is 2.07. The standard InChI is InChI=1S/C9H18O3S/c1-9(2,3)12-8(11)4-6-13-7-5-10/h10H,4-7H2,1-3H3. The van der Waals surface area contributed by atoms with Crippen molar-refractivity contribution in [2.75, 3.05) is 18.1 Å². The smallest absolute Gasteiger partial charge is 0.307 e. The molecule has 1 N–H and O–H groups in total. The molecule has 78 valence electrons. The first kappa shape index (κ1) is 12.8. The van der Waals surface area contributed by atoms with Crippen molar-refractivity contribution < 1.29 is 14.6 Å². The van der Waals surface area contributed by atoms with Gasteiger partial charge in [0.05, 0.1) is 13.0 Å². The maximum Gasteiger partial charge on any atom is 0.307 e. The fourth-order valence-electron chi connectivity index (χ4n) is 0.715. The highest BCUT2D eigenvalue weighted by molar-refractivity contribution is 7.99. The quantitative estimate of drug-likeness (QED) is 0.546. The van der Waals surface area contributed by atoms with Gasteiger partial charge in [-0.1, -0.05) is 0 Å². The molecule has 0 saturated carbocycles. The highest BCUT2D eigenvalue weighted by Gasteiger charge is 2.15. The van der Waals surface area contributed by atoms with E-state index in [-0.39, 0.29) is 12.6 Å². The third-order valence-electron chi connectivity index (χ3n) is 1.11. The number of hydrogen-bond acceptors (Lipinski definition) is 4. The number of carbonyl (C=O) groups is 1. The van der Waals surface area contributed by atoms with E-state index in [0.29, 0.717) is 12.2 Å². The number of thioether (sulfide) groups is 1. The molecule has 0 unspecified atom stereocenters. The van der Waals surface area contributed by atoms with E-state index in [1.54, 1.807) is 11.8 Å². The molecule has 0 aromatic rings. The van der Waals surface area contributed by atoms with Gasteiger partial charge in [-0.3, -0.25) is 4.79 Å². The highest BCUT2D eigenvalue weighted by Crippen LogP contribution is 2.10. The third kappa shape index (κ3) is 9.70. The van der Waals surface area contributed by atoms with E-state index < -0.39 is 5.60 Å². The van der Waals surface area contributed by atoms with E-state index in [1.807, 2.05) is 20.8 Å². The van der Waals surface area contributed by atoms with Crippen molar-refractivity contribution in [3.63, 3.8) is 0 Å². The molecule has 13 heavy (non-hydrogen) atoms. The van der Waals surface area contributed by atoms with Gasteiger partial charge >= 0.3 is 5.97 Å². The molecule has 0 aromatic carbocycles. The second-order valence-corrected chi connectivity index (χ2v) is 4.90. The molecule has 0 atom stereocenters. The number of aliphatic hydroxyl groups excluding tert-OH is 1. The number of carbonyl (C=O) groups excluding carboxylic acids is 1. The van der Waals surface area contributed by atoms with Gasteiger partial charge < -0.3 is 9.84 Å². The van der Waals surface area contributed by atoms with Crippen LogP contribution in [0.1, 0.15) is 27.2 Å². The maximum atomic E-state index is 11.1. The molecule has 0 bridgehead atoms. The highest BCUT2D eigenvalue weighted by atomic mass is 32.2. The van der Waals surface area contributed by atoms with Gasteiger partial charge in [0.15, 0.2) is 0 Å². The predicted molar refractivity (Wildman–Crippen MR) is 54.9 cm³/mol. The lowest BCUT2D eigenvalue weighted by Gasteiger charge is -2.19. The van der Waals surface area contributed by atoms with Gasteiger partial charge in [0.2, 0.25) is 0 Å². The second kappa shape index (κ2) is 6.27. The fraction of sp³-hybridized carbons (Fsp3) is 0.889. The minimum atomic E-state index is -0.390. The fourth-order valence-corrected chi connectivity index (χ4v) is 1.36. The van der Waals surface area contributed by atoms with Gasteiger partial charge in [-0.25, -0.2) is 0 Å². The van der Waals surface area contributed by atoms with E-state index >= 15 is 0 Å². The summed E-state index contributed by atoms with van der Waals surface area (Å²) in [5.41, 5.74) is -0.390. The Labute approximate surface area is 83.9 Å². The Morgan fingerprint density at radius 3 is 2.46 bits per heavy atom. The molecule has 0 spiro atoms. The van der Waals surface area contributed by atoms with Crippen LogP contribution in [0.25, 0.3) is 0 Å². The van der Waals surface area contributed by atoms with Gasteiger partial charge in [0.25, 0.3) is 0 Å². The molecule has 3 nitrogen and oxygen atoms in total. The first-order valence-electron chi connectivity index (χ1n) is 4.36. The van der Waals surface area contributed by atoms with Crippen molar-refractivity contribution in [2.24, 2.45) is 0 Å². The van der Waals surface area contributed by atoms with Crippen molar-refractivity contribution >= 4 is 17.7 Å². The normalized spacial score (nSPS) is 11.4. The van der Waals surface area contributed by atoms with E-state index in [1.165, 1.54) is 0 Å². The summed E-state index contributed by atoms with van der Waals surface area (Å²) in [5.74, 6) is 1.23. The van der Waals surface area contributed by atoms with Crippen LogP contribution in [0.4, 0.5) is 0 Å². The molecule has 0 aliphatic rings. The Morgan fingerprint density at radius 1 is 1.38 bits per heavy atom. The Morgan fingerprint density at radius 2 is 2.00 bits per heavy atom. The molecule has 4 heteroatoms. The van der Waals surface area contributed by atoms with Crippen LogP contribution in [-0.2, 0) is 9.53 Å². The van der Waals surface area contributed by atoms with Crippen molar-refractivity contribution in [1.82, 2.24) is 0 Å². The van der Waals surface area contributed by atoms with E-state index in [4.69, 9.17) is 9.84 Å². The zero-order chi connectivity index (χ0) is 10.3. The molecule has 0 aromatic heterocycles. The SMILES string of the molecule is CC(C)(C)OC(=O)CCSCCO. The maximum absolute atomic E-state index is 11.1. The van der Waals surface area contributed by atoms with Crippen LogP contribution >= 0.6 is 11.8 Å². The number of rotatable bonds is 5. The Kier molecular flexibility index (Phi) is 6.16. The summed E-state index contributed by atoms with van der Waals surface area (Å²) in [7, 11) is 0. The summed E-state index contributed by atoms with van der Waals surface area (Å²) in [5, 5.41) is 8.48. The molecule has 0 rings (SSSR count). The predicted octanol–water partition coefficient (Wildman–Crippen LogP) is 1.44. The zero-order valence-electron chi connectivity index (χ0n) is 8.50. The monoisotopic (exact) mass is 206 g/mol. The summed E-state index contributed by atoms with van der Waals surface area (Å²) in [6.07, 6.45) is 0.419. The lowest BCUT2D eigenvalue weighted by Crippen LogP contribution is -2.24. The molecule has 0 aliphatic carbocycles. The van der Waals surface area contributed by atoms with Crippen molar-refractivity contribution in [3.05, 3.63) is 0 Å². The minimum Gasteiger partial charge on any atom is -0.460 e. The van der Waals surface area contributed by atoms with Gasteiger partial charge in [0.1, 0.15) is 5.60 Å². The molecule has 0 aliphatic heterocycles. The van der Waals surface area contributed by atoms with Crippen LogP contribution in [0.3, 0.4) is 0 Å². The molecular weight excluding hydrogens is 188 g/mol. The average Bonchev–Trinajstić information content (AvgIpc) is 1.94. The van der Waals surface area contributed by atoms with Crippen LogP contribution in [0.2, 0.25) is 0 Å². The number of hydrogen-bond donors (Lipinski definition) is 1. The first-order chi connectivity index (χ1) is 5.95. The summed E-state index contributed by atoms with van der Waals surface area (Å²) in [4.78, 5) is 11.1. The van der Waals surface area contributed by atoms with Gasteiger partial charge in [-0.15, -0.1) is 0 Å².